The van der Waals surface area contributed by atoms with E-state index in [4.69, 9.17) is 23.2 Å². The Morgan fingerprint density at radius 3 is 2.41 bits per heavy atom. The zero-order chi connectivity index (χ0) is 26.7. The maximum absolute atomic E-state index is 13.1. The van der Waals surface area contributed by atoms with Crippen LogP contribution in [-0.4, -0.2) is 64.8 Å². The van der Waals surface area contributed by atoms with E-state index < -0.39 is 24.5 Å². The number of halogens is 5. The zero-order valence-electron chi connectivity index (χ0n) is 18.9. The van der Waals surface area contributed by atoms with Gasteiger partial charge in [-0.05, 0) is 36.4 Å². The van der Waals surface area contributed by atoms with Gasteiger partial charge < -0.3 is 15.5 Å². The van der Waals surface area contributed by atoms with Gasteiger partial charge in [0.2, 0.25) is 5.95 Å². The highest BCUT2D eigenvalue weighted by Gasteiger charge is 2.39. The minimum Gasteiger partial charge on any atom is -0.395 e. The van der Waals surface area contributed by atoms with Crippen LogP contribution in [0.3, 0.4) is 0 Å². The molecule has 0 aliphatic heterocycles. The molecule has 4 aromatic rings. The van der Waals surface area contributed by atoms with Crippen LogP contribution in [0, 0.1) is 0 Å². The molecule has 0 aliphatic carbocycles. The third-order valence-electron chi connectivity index (χ3n) is 5.18. The lowest BCUT2D eigenvalue weighted by atomic mass is 10.2. The number of benzene rings is 2. The standard InChI is InChI=1S/C22H20Cl2F3N7O3/c23-14-7-5-13(6-8-14)19-31-33(21(37)32(19)11-17(36)22(25,26)27)12-18-29-20(28-9-10-35)34(30-18)16-4-2-1-3-15(16)24/h1-8,17,35-36H,9-12H2,(H,28,29,30). The summed E-state index contributed by atoms with van der Waals surface area (Å²) in [6.45, 7) is -1.42. The molecule has 2 aromatic carbocycles. The molecule has 0 saturated heterocycles. The lowest BCUT2D eigenvalue weighted by molar-refractivity contribution is -0.207. The Morgan fingerprint density at radius 2 is 1.76 bits per heavy atom. The summed E-state index contributed by atoms with van der Waals surface area (Å²) >= 11 is 12.2. The van der Waals surface area contributed by atoms with E-state index in [9.17, 15) is 28.2 Å². The number of aliphatic hydroxyl groups is 2. The second-order valence-corrected chi connectivity index (χ2v) is 8.65. The van der Waals surface area contributed by atoms with Crippen molar-refractivity contribution in [3.05, 3.63) is 74.9 Å². The number of hydrogen-bond acceptors (Lipinski definition) is 7. The van der Waals surface area contributed by atoms with Crippen molar-refractivity contribution in [2.75, 3.05) is 18.5 Å². The Morgan fingerprint density at radius 1 is 1.05 bits per heavy atom. The molecule has 1 unspecified atom stereocenters. The molecule has 2 heterocycles. The quantitative estimate of drug-likeness (QED) is 0.289. The molecule has 0 aliphatic rings. The van der Waals surface area contributed by atoms with Crippen molar-refractivity contribution in [3.63, 3.8) is 0 Å². The summed E-state index contributed by atoms with van der Waals surface area (Å²) in [4.78, 5) is 17.5. The summed E-state index contributed by atoms with van der Waals surface area (Å²) in [6.07, 6.45) is -7.73. The molecule has 1 atom stereocenters. The smallest absolute Gasteiger partial charge is 0.395 e. The first-order valence-corrected chi connectivity index (χ1v) is 11.6. The van der Waals surface area contributed by atoms with E-state index in [1.165, 1.54) is 28.9 Å². The average Bonchev–Trinajstić information content (AvgIpc) is 3.39. The lowest BCUT2D eigenvalue weighted by Gasteiger charge is -2.15. The van der Waals surface area contributed by atoms with Crippen molar-refractivity contribution in [3.8, 4) is 17.1 Å². The fourth-order valence-corrected chi connectivity index (χ4v) is 3.77. The minimum absolute atomic E-state index is 0.0890. The predicted octanol–water partition coefficient (Wildman–Crippen LogP) is 2.98. The summed E-state index contributed by atoms with van der Waals surface area (Å²) < 4.78 is 42.3. The zero-order valence-corrected chi connectivity index (χ0v) is 20.4. The Kier molecular flexibility index (Phi) is 7.87. The summed E-state index contributed by atoms with van der Waals surface area (Å²) in [7, 11) is 0. The van der Waals surface area contributed by atoms with E-state index in [0.29, 0.717) is 21.3 Å². The van der Waals surface area contributed by atoms with Crippen LogP contribution in [0.15, 0.2) is 53.3 Å². The molecule has 2 aromatic heterocycles. The molecule has 37 heavy (non-hydrogen) atoms. The third kappa shape index (κ3) is 5.96. The molecular weight excluding hydrogens is 538 g/mol. The summed E-state index contributed by atoms with van der Waals surface area (Å²) in [6, 6.07) is 12.8. The highest BCUT2D eigenvalue weighted by Crippen LogP contribution is 2.25. The Balaban J connectivity index is 1.76. The van der Waals surface area contributed by atoms with Crippen molar-refractivity contribution in [1.82, 2.24) is 29.1 Å². The molecule has 4 rings (SSSR count). The number of nitrogens with zero attached hydrogens (tertiary/aromatic N) is 6. The van der Waals surface area contributed by atoms with Gasteiger partial charge in [-0.15, -0.1) is 10.2 Å². The van der Waals surface area contributed by atoms with Crippen LogP contribution in [-0.2, 0) is 13.1 Å². The topological polar surface area (TPSA) is 123 Å². The molecule has 0 fully saturated rings. The Hall–Kier alpha value is -3.39. The van der Waals surface area contributed by atoms with Gasteiger partial charge in [0.05, 0.1) is 23.9 Å². The number of aliphatic hydroxyl groups excluding tert-OH is 2. The first-order chi connectivity index (χ1) is 17.6. The van der Waals surface area contributed by atoms with Crippen molar-refractivity contribution in [2.24, 2.45) is 0 Å². The van der Waals surface area contributed by atoms with Gasteiger partial charge in [-0.2, -0.15) is 22.8 Å². The largest absolute Gasteiger partial charge is 0.416 e. The number of para-hydroxylation sites is 1. The van der Waals surface area contributed by atoms with Crippen LogP contribution in [0.25, 0.3) is 17.1 Å². The number of alkyl halides is 3. The third-order valence-corrected chi connectivity index (χ3v) is 5.75. The first kappa shape index (κ1) is 26.7. The van der Waals surface area contributed by atoms with E-state index in [1.807, 2.05) is 0 Å². The average molecular weight is 558 g/mol. The monoisotopic (exact) mass is 557 g/mol. The van der Waals surface area contributed by atoms with Crippen LogP contribution in [0.5, 0.6) is 0 Å². The molecule has 0 spiro atoms. The van der Waals surface area contributed by atoms with Gasteiger partial charge in [-0.3, -0.25) is 4.57 Å². The van der Waals surface area contributed by atoms with Crippen LogP contribution in [0.2, 0.25) is 10.0 Å². The van der Waals surface area contributed by atoms with E-state index in [1.54, 1.807) is 24.3 Å². The van der Waals surface area contributed by atoms with Gasteiger partial charge in [0.25, 0.3) is 0 Å². The van der Waals surface area contributed by atoms with Gasteiger partial charge in [-0.1, -0.05) is 35.3 Å². The molecule has 196 valence electrons. The SMILES string of the molecule is O=c1n(Cc2nc(NCCO)n(-c3ccccc3Cl)n2)nc(-c2ccc(Cl)cc2)n1CC(O)C(F)(F)F. The van der Waals surface area contributed by atoms with Crippen LogP contribution in [0.1, 0.15) is 5.82 Å². The normalized spacial score (nSPS) is 12.6. The lowest BCUT2D eigenvalue weighted by Crippen LogP contribution is -2.37. The fourth-order valence-electron chi connectivity index (χ4n) is 3.43. The molecule has 0 amide bonds. The molecule has 10 nitrogen and oxygen atoms in total. The molecule has 0 bridgehead atoms. The summed E-state index contributed by atoms with van der Waals surface area (Å²) in [5.74, 6) is 0.204. The van der Waals surface area contributed by atoms with Gasteiger partial charge in [0.1, 0.15) is 6.54 Å². The molecule has 0 radical (unpaired) electrons. The highest BCUT2D eigenvalue weighted by molar-refractivity contribution is 6.32. The highest BCUT2D eigenvalue weighted by atomic mass is 35.5. The molecular formula is C22H20Cl2F3N7O3. The second kappa shape index (κ2) is 10.9. The van der Waals surface area contributed by atoms with E-state index in [-0.39, 0.29) is 37.3 Å². The Bertz CT molecular complexity index is 1430. The minimum atomic E-state index is -4.94. The molecule has 15 heteroatoms. The predicted molar refractivity (Wildman–Crippen MR) is 130 cm³/mol. The Labute approximate surface area is 217 Å². The number of aromatic nitrogens is 6. The van der Waals surface area contributed by atoms with Crippen LogP contribution < -0.4 is 11.0 Å². The van der Waals surface area contributed by atoms with Crippen LogP contribution in [0.4, 0.5) is 19.1 Å². The van der Waals surface area contributed by atoms with Crippen LogP contribution >= 0.6 is 23.2 Å². The summed E-state index contributed by atoms with van der Waals surface area (Å²) in [5, 5.41) is 31.0. The molecule has 0 saturated carbocycles. The fraction of sp³-hybridized carbons (Fsp3) is 0.273. The maximum Gasteiger partial charge on any atom is 0.416 e. The van der Waals surface area contributed by atoms with Crippen molar-refractivity contribution in [2.45, 2.75) is 25.4 Å². The first-order valence-electron chi connectivity index (χ1n) is 10.8. The van der Waals surface area contributed by atoms with Crippen molar-refractivity contribution in [1.29, 1.82) is 0 Å². The van der Waals surface area contributed by atoms with E-state index in [0.717, 1.165) is 9.25 Å². The van der Waals surface area contributed by atoms with Gasteiger partial charge in [0, 0.05) is 17.1 Å². The number of hydrogen-bond donors (Lipinski definition) is 3. The van der Waals surface area contributed by atoms with Crippen molar-refractivity contribution >= 4 is 29.2 Å². The number of anilines is 1. The summed E-state index contributed by atoms with van der Waals surface area (Å²) in [5.41, 5.74) is -0.127. The van der Waals surface area contributed by atoms with Crippen molar-refractivity contribution < 1.29 is 23.4 Å². The van der Waals surface area contributed by atoms with Gasteiger partial charge >= 0.3 is 11.9 Å². The van der Waals surface area contributed by atoms with Gasteiger partial charge in [0.15, 0.2) is 17.8 Å². The number of nitrogens with one attached hydrogen (secondary N) is 1. The molecule has 3 N–H and O–H groups in total. The maximum atomic E-state index is 13.1. The van der Waals surface area contributed by atoms with E-state index >= 15 is 0 Å². The van der Waals surface area contributed by atoms with E-state index in [2.05, 4.69) is 20.5 Å². The second-order valence-electron chi connectivity index (χ2n) is 7.80. The number of rotatable bonds is 9. The van der Waals surface area contributed by atoms with Gasteiger partial charge in [-0.25, -0.2) is 9.48 Å².